The number of hydrogen-bond acceptors (Lipinski definition) is 0. The number of benzene rings is 9. The van der Waals surface area contributed by atoms with Crippen molar-refractivity contribution in [2.24, 2.45) is 0 Å². The van der Waals surface area contributed by atoms with Crippen molar-refractivity contribution in [1.29, 1.82) is 0 Å². The van der Waals surface area contributed by atoms with Crippen molar-refractivity contribution in [2.45, 2.75) is 10.8 Å². The first-order valence-electron chi connectivity index (χ1n) is 19.7. The van der Waals surface area contributed by atoms with Crippen LogP contribution < -0.4 is 0 Å². The lowest BCUT2D eigenvalue weighted by atomic mass is 9.51. The maximum absolute atomic E-state index is 2.45. The molecule has 0 atom stereocenters. The van der Waals surface area contributed by atoms with E-state index in [2.05, 4.69) is 218 Å². The van der Waals surface area contributed by atoms with E-state index in [1.165, 1.54) is 100 Å². The second-order valence-electron chi connectivity index (χ2n) is 15.5. The van der Waals surface area contributed by atoms with Crippen LogP contribution in [0.15, 0.2) is 218 Å². The third-order valence-electron chi connectivity index (χ3n) is 13.0. The minimum absolute atomic E-state index is 0.495. The maximum Gasteiger partial charge on any atom is 0.0725 e. The monoisotopic (exact) mass is 708 g/mol. The Kier molecular flexibility index (Phi) is 6.57. The molecule has 3 aliphatic rings. The molecule has 12 rings (SSSR count). The summed E-state index contributed by atoms with van der Waals surface area (Å²) in [4.78, 5) is 0. The van der Waals surface area contributed by atoms with Gasteiger partial charge in [-0.3, -0.25) is 0 Å². The summed E-state index contributed by atoms with van der Waals surface area (Å²) in [7, 11) is 0. The largest absolute Gasteiger partial charge is 0.0725 e. The zero-order valence-corrected chi connectivity index (χ0v) is 30.8. The van der Waals surface area contributed by atoms with Gasteiger partial charge in [0.05, 0.1) is 10.8 Å². The highest BCUT2D eigenvalue weighted by molar-refractivity contribution is 5.96. The van der Waals surface area contributed by atoms with Gasteiger partial charge in [0.15, 0.2) is 0 Å². The summed E-state index contributed by atoms with van der Waals surface area (Å²) in [6.45, 7) is 0. The van der Waals surface area contributed by atoms with E-state index in [4.69, 9.17) is 0 Å². The summed E-state index contributed by atoms with van der Waals surface area (Å²) in [5.74, 6) is 0. The molecule has 0 heteroatoms. The molecule has 260 valence electrons. The van der Waals surface area contributed by atoms with E-state index in [0.717, 1.165) is 0 Å². The Bertz CT molecular complexity index is 2930. The fourth-order valence-corrected chi connectivity index (χ4v) is 10.9. The Morgan fingerprint density at radius 2 is 0.536 bits per heavy atom. The summed E-state index contributed by atoms with van der Waals surface area (Å²) in [5.41, 5.74) is 22.5. The SMILES string of the molecule is c1ccc(-c2cccc(-c3ccc(-c4cccc5c4C4(c6ccccc6-c6ccccc64)c4ccccc4C54c5ccccc5-c5ccccc54)cc3)c2)cc1. The molecular weight excluding hydrogens is 673 g/mol. The van der Waals surface area contributed by atoms with Gasteiger partial charge in [-0.25, -0.2) is 0 Å². The van der Waals surface area contributed by atoms with Crippen LogP contribution in [-0.2, 0) is 10.8 Å². The Labute approximate surface area is 328 Å². The van der Waals surface area contributed by atoms with Crippen molar-refractivity contribution in [3.8, 4) is 55.6 Å². The lowest BCUT2D eigenvalue weighted by Gasteiger charge is -2.49. The standard InChI is InChI=1S/C56H36/c1-2-16-37(17-3-1)40-18-14-19-41(36-40)38-32-34-39(35-33-38)42-24-15-31-53-54(42)56(49-27-10-6-22-45(49)46-23-7-11-28-50(46)56)52-30-13-12-29-51(52)55(53)47-25-8-4-20-43(47)44-21-5-9-26-48(44)55/h1-36H. The van der Waals surface area contributed by atoms with Gasteiger partial charge in [0.25, 0.3) is 0 Å². The van der Waals surface area contributed by atoms with Gasteiger partial charge in [-0.05, 0) is 106 Å². The fraction of sp³-hybridized carbons (Fsp3) is 0.0357. The van der Waals surface area contributed by atoms with Gasteiger partial charge in [0.2, 0.25) is 0 Å². The van der Waals surface area contributed by atoms with Crippen LogP contribution in [0, 0.1) is 0 Å². The zero-order valence-electron chi connectivity index (χ0n) is 30.8. The van der Waals surface area contributed by atoms with Crippen molar-refractivity contribution in [2.75, 3.05) is 0 Å². The van der Waals surface area contributed by atoms with Crippen molar-refractivity contribution in [1.82, 2.24) is 0 Å². The molecule has 0 radical (unpaired) electrons. The summed E-state index contributed by atoms with van der Waals surface area (Å²) in [6, 6.07) is 82.0. The quantitative estimate of drug-likeness (QED) is 0.171. The summed E-state index contributed by atoms with van der Waals surface area (Å²) >= 11 is 0. The third-order valence-corrected chi connectivity index (χ3v) is 13.0. The Morgan fingerprint density at radius 1 is 0.196 bits per heavy atom. The molecule has 2 spiro atoms. The Morgan fingerprint density at radius 3 is 1.07 bits per heavy atom. The molecule has 56 heavy (non-hydrogen) atoms. The molecule has 0 N–H and O–H groups in total. The molecule has 0 saturated heterocycles. The van der Waals surface area contributed by atoms with Crippen LogP contribution >= 0.6 is 0 Å². The molecule has 0 unspecified atom stereocenters. The number of fused-ring (bicyclic) bond motifs is 16. The molecule has 9 aromatic carbocycles. The molecule has 0 aromatic heterocycles. The molecule has 0 nitrogen and oxygen atoms in total. The molecule has 0 saturated carbocycles. The van der Waals surface area contributed by atoms with Gasteiger partial charge in [-0.1, -0.05) is 212 Å². The van der Waals surface area contributed by atoms with E-state index < -0.39 is 10.8 Å². The van der Waals surface area contributed by atoms with Crippen molar-refractivity contribution in [3.05, 3.63) is 263 Å². The molecule has 9 aromatic rings. The molecule has 0 bridgehead atoms. The average Bonchev–Trinajstić information content (AvgIpc) is 3.74. The Hall–Kier alpha value is -7.02. The lowest BCUT2D eigenvalue weighted by Crippen LogP contribution is -2.44. The zero-order chi connectivity index (χ0) is 36.8. The van der Waals surface area contributed by atoms with E-state index in [1.54, 1.807) is 0 Å². The van der Waals surface area contributed by atoms with Gasteiger partial charge in [0, 0.05) is 0 Å². The number of rotatable bonds is 3. The van der Waals surface area contributed by atoms with Crippen LogP contribution in [0.25, 0.3) is 55.6 Å². The van der Waals surface area contributed by atoms with Gasteiger partial charge in [0.1, 0.15) is 0 Å². The summed E-state index contributed by atoms with van der Waals surface area (Å²) in [6.07, 6.45) is 0. The van der Waals surface area contributed by atoms with Gasteiger partial charge < -0.3 is 0 Å². The highest BCUT2D eigenvalue weighted by Crippen LogP contribution is 2.68. The maximum atomic E-state index is 2.45. The summed E-state index contributed by atoms with van der Waals surface area (Å²) in [5, 5.41) is 0. The van der Waals surface area contributed by atoms with E-state index in [-0.39, 0.29) is 0 Å². The Balaban J connectivity index is 1.17. The van der Waals surface area contributed by atoms with Crippen LogP contribution in [0.1, 0.15) is 44.5 Å². The van der Waals surface area contributed by atoms with E-state index in [9.17, 15) is 0 Å². The second kappa shape index (κ2) is 11.7. The van der Waals surface area contributed by atoms with E-state index >= 15 is 0 Å². The molecule has 0 aliphatic heterocycles. The third kappa shape index (κ3) is 3.98. The second-order valence-corrected chi connectivity index (χ2v) is 15.5. The first-order chi connectivity index (χ1) is 27.8. The lowest BCUT2D eigenvalue weighted by molar-refractivity contribution is 0.634. The minimum atomic E-state index is -0.532. The molecule has 0 fully saturated rings. The first-order valence-corrected chi connectivity index (χ1v) is 19.7. The normalized spacial score (nSPS) is 14.4. The van der Waals surface area contributed by atoms with Crippen LogP contribution in [0.5, 0.6) is 0 Å². The highest BCUT2D eigenvalue weighted by Gasteiger charge is 2.59. The predicted octanol–water partition coefficient (Wildman–Crippen LogP) is 13.7. The molecule has 0 heterocycles. The molecular formula is C56H36. The van der Waals surface area contributed by atoms with Crippen LogP contribution in [-0.4, -0.2) is 0 Å². The highest BCUT2D eigenvalue weighted by atomic mass is 14.6. The smallest absolute Gasteiger partial charge is 0.0622 e. The molecule has 0 amide bonds. The van der Waals surface area contributed by atoms with Crippen LogP contribution in [0.2, 0.25) is 0 Å². The molecule has 3 aliphatic carbocycles. The van der Waals surface area contributed by atoms with E-state index in [1.807, 2.05) is 0 Å². The van der Waals surface area contributed by atoms with Gasteiger partial charge in [-0.2, -0.15) is 0 Å². The van der Waals surface area contributed by atoms with Crippen molar-refractivity contribution >= 4 is 0 Å². The fourth-order valence-electron chi connectivity index (χ4n) is 10.9. The number of hydrogen-bond donors (Lipinski definition) is 0. The van der Waals surface area contributed by atoms with Crippen molar-refractivity contribution in [3.63, 3.8) is 0 Å². The van der Waals surface area contributed by atoms with Crippen LogP contribution in [0.4, 0.5) is 0 Å². The predicted molar refractivity (Wildman–Crippen MR) is 231 cm³/mol. The first kappa shape index (κ1) is 31.3. The van der Waals surface area contributed by atoms with Crippen molar-refractivity contribution < 1.29 is 0 Å². The van der Waals surface area contributed by atoms with E-state index in [0.29, 0.717) is 0 Å². The average molecular weight is 709 g/mol. The van der Waals surface area contributed by atoms with Crippen LogP contribution in [0.3, 0.4) is 0 Å². The van der Waals surface area contributed by atoms with Gasteiger partial charge in [-0.15, -0.1) is 0 Å². The van der Waals surface area contributed by atoms with Gasteiger partial charge >= 0.3 is 0 Å². The topological polar surface area (TPSA) is 0 Å². The minimum Gasteiger partial charge on any atom is -0.0622 e. The summed E-state index contributed by atoms with van der Waals surface area (Å²) < 4.78 is 0.